The molecule has 1 aliphatic heterocycles. The molecular formula is C15H17N5O2. The van der Waals surface area contributed by atoms with Gasteiger partial charge in [-0.15, -0.1) is 0 Å². The van der Waals surface area contributed by atoms with E-state index in [1.807, 2.05) is 24.3 Å². The number of nitrogens with two attached hydrogens (primary N) is 1. The third-order valence-electron chi connectivity index (χ3n) is 3.91. The Morgan fingerprint density at radius 2 is 1.73 bits per heavy atom. The molecule has 7 heteroatoms. The molecule has 2 heterocycles. The van der Waals surface area contributed by atoms with Gasteiger partial charge in [0.25, 0.3) is 0 Å². The Hall–Kier alpha value is -2.83. The van der Waals surface area contributed by atoms with Crippen molar-refractivity contribution < 1.29 is 9.59 Å². The first kappa shape index (κ1) is 14.1. The number of benzene rings is 1. The molecule has 2 N–H and O–H groups in total. The van der Waals surface area contributed by atoms with Gasteiger partial charge < -0.3 is 15.5 Å². The Morgan fingerprint density at radius 3 is 2.32 bits per heavy atom. The van der Waals surface area contributed by atoms with Crippen molar-refractivity contribution in [2.75, 3.05) is 30.8 Å². The molecule has 2 aromatic rings. The van der Waals surface area contributed by atoms with E-state index in [4.69, 9.17) is 5.73 Å². The average Bonchev–Trinajstić information content (AvgIpc) is 2.85. The number of carbonyl (C=O) groups is 2. The molecular weight excluding hydrogens is 282 g/mol. The van der Waals surface area contributed by atoms with Crippen LogP contribution in [0.5, 0.6) is 0 Å². The Balaban J connectivity index is 1.87. The summed E-state index contributed by atoms with van der Waals surface area (Å²) in [5, 5.41) is 4.11. The summed E-state index contributed by atoms with van der Waals surface area (Å²) in [7, 11) is 3.41. The number of nitrogens with zero attached hydrogens (tertiary/aromatic N) is 4. The molecule has 0 aliphatic carbocycles. The van der Waals surface area contributed by atoms with Crippen LogP contribution in [0.25, 0.3) is 11.1 Å². The van der Waals surface area contributed by atoms with Crippen LogP contribution in [0.15, 0.2) is 30.5 Å². The Labute approximate surface area is 127 Å². The molecule has 0 unspecified atom stereocenters. The highest BCUT2D eigenvalue weighted by Gasteiger charge is 2.31. The predicted molar refractivity (Wildman–Crippen MR) is 83.0 cm³/mol. The first-order valence-corrected chi connectivity index (χ1v) is 6.94. The van der Waals surface area contributed by atoms with E-state index in [2.05, 4.69) is 5.10 Å². The Morgan fingerprint density at radius 1 is 1.05 bits per heavy atom. The van der Waals surface area contributed by atoms with Crippen LogP contribution in [-0.4, -0.2) is 46.6 Å². The van der Waals surface area contributed by atoms with Crippen molar-refractivity contribution >= 4 is 23.3 Å². The van der Waals surface area contributed by atoms with Crippen LogP contribution in [0.4, 0.5) is 11.5 Å². The lowest BCUT2D eigenvalue weighted by atomic mass is 10.1. The van der Waals surface area contributed by atoms with Gasteiger partial charge in [-0.1, -0.05) is 12.1 Å². The molecule has 0 saturated carbocycles. The summed E-state index contributed by atoms with van der Waals surface area (Å²) in [6.45, 7) is 1.03. The number of aromatic nitrogens is 2. The molecule has 1 aromatic carbocycles. The summed E-state index contributed by atoms with van der Waals surface area (Å²) < 4.78 is 1.60. The second-order valence-electron chi connectivity index (χ2n) is 5.30. The number of nitrogen functional groups attached to an aromatic ring is 1. The topological polar surface area (TPSA) is 84.5 Å². The fourth-order valence-electron chi connectivity index (χ4n) is 2.47. The van der Waals surface area contributed by atoms with Crippen LogP contribution < -0.4 is 10.6 Å². The molecule has 1 aliphatic rings. The summed E-state index contributed by atoms with van der Waals surface area (Å²) in [5.74, 6) is -0.396. The van der Waals surface area contributed by atoms with Crippen LogP contribution >= 0.6 is 0 Å². The maximum atomic E-state index is 12.0. The van der Waals surface area contributed by atoms with E-state index in [1.165, 1.54) is 9.80 Å². The van der Waals surface area contributed by atoms with Gasteiger partial charge in [-0.25, -0.2) is 0 Å². The molecule has 0 radical (unpaired) electrons. The maximum absolute atomic E-state index is 12.0. The first-order chi connectivity index (χ1) is 10.5. The molecule has 114 valence electrons. The standard InChI is InChI=1S/C15H17N5O2/c1-18-7-8-20(15(22)14(18)21)11-5-3-10(4-6-11)12-9-17-19(2)13(12)16/h3-6,9H,7-8,16H2,1-2H3. The number of anilines is 2. The number of carbonyl (C=O) groups excluding carboxylic acids is 2. The number of hydrogen-bond acceptors (Lipinski definition) is 4. The van der Waals surface area contributed by atoms with E-state index >= 15 is 0 Å². The van der Waals surface area contributed by atoms with Gasteiger partial charge in [0.2, 0.25) is 0 Å². The van der Waals surface area contributed by atoms with Crippen molar-refractivity contribution in [2.45, 2.75) is 0 Å². The minimum absolute atomic E-state index is 0.480. The van der Waals surface area contributed by atoms with Gasteiger partial charge in [-0.3, -0.25) is 14.3 Å². The highest BCUT2D eigenvalue weighted by Crippen LogP contribution is 2.27. The Kier molecular flexibility index (Phi) is 3.32. The minimum atomic E-state index is -0.498. The van der Waals surface area contributed by atoms with Gasteiger partial charge in [0.05, 0.1) is 6.20 Å². The zero-order chi connectivity index (χ0) is 15.9. The molecule has 2 amide bonds. The molecule has 0 spiro atoms. The number of likely N-dealkylation sites (N-methyl/N-ethyl adjacent to an activating group) is 1. The summed E-state index contributed by atoms with van der Waals surface area (Å²) in [6.07, 6.45) is 1.70. The first-order valence-electron chi connectivity index (χ1n) is 6.94. The molecule has 1 saturated heterocycles. The average molecular weight is 299 g/mol. The number of piperazine rings is 1. The summed E-state index contributed by atoms with van der Waals surface area (Å²) in [6, 6.07) is 7.38. The second kappa shape index (κ2) is 5.18. The highest BCUT2D eigenvalue weighted by atomic mass is 16.2. The predicted octanol–water partition coefficient (Wildman–Crippen LogP) is 0.474. The van der Waals surface area contributed by atoms with Crippen LogP contribution in [0.3, 0.4) is 0 Å². The summed E-state index contributed by atoms with van der Waals surface area (Å²) in [4.78, 5) is 26.7. The maximum Gasteiger partial charge on any atom is 0.316 e. The molecule has 0 atom stereocenters. The number of aryl methyl sites for hydroxylation is 1. The van der Waals surface area contributed by atoms with Crippen molar-refractivity contribution in [1.82, 2.24) is 14.7 Å². The van der Waals surface area contributed by atoms with Gasteiger partial charge in [0.15, 0.2) is 0 Å². The van der Waals surface area contributed by atoms with Gasteiger partial charge >= 0.3 is 11.8 Å². The van der Waals surface area contributed by atoms with E-state index in [0.717, 1.165) is 11.1 Å². The van der Waals surface area contributed by atoms with E-state index in [-0.39, 0.29) is 0 Å². The second-order valence-corrected chi connectivity index (χ2v) is 5.30. The van der Waals surface area contributed by atoms with E-state index in [1.54, 1.807) is 25.0 Å². The molecule has 22 heavy (non-hydrogen) atoms. The molecule has 3 rings (SSSR count). The van der Waals surface area contributed by atoms with Crippen LogP contribution in [0, 0.1) is 0 Å². The number of hydrogen-bond donors (Lipinski definition) is 1. The minimum Gasteiger partial charge on any atom is -0.383 e. The van der Waals surface area contributed by atoms with Gasteiger partial charge in [0, 0.05) is 38.4 Å². The number of amides is 2. The lowest BCUT2D eigenvalue weighted by Crippen LogP contribution is -2.52. The van der Waals surface area contributed by atoms with E-state index in [9.17, 15) is 9.59 Å². The van der Waals surface area contributed by atoms with E-state index in [0.29, 0.717) is 24.6 Å². The molecule has 1 fully saturated rings. The fourth-order valence-corrected chi connectivity index (χ4v) is 2.47. The van der Waals surface area contributed by atoms with Crippen LogP contribution in [0.1, 0.15) is 0 Å². The van der Waals surface area contributed by atoms with Crippen LogP contribution in [-0.2, 0) is 16.6 Å². The fraction of sp³-hybridized carbons (Fsp3) is 0.267. The largest absolute Gasteiger partial charge is 0.383 e. The van der Waals surface area contributed by atoms with Crippen molar-refractivity contribution in [3.05, 3.63) is 30.5 Å². The monoisotopic (exact) mass is 299 g/mol. The lowest BCUT2D eigenvalue weighted by Gasteiger charge is -2.31. The summed E-state index contributed by atoms with van der Waals surface area (Å²) in [5.41, 5.74) is 8.42. The molecule has 0 bridgehead atoms. The van der Waals surface area contributed by atoms with Gasteiger partial charge in [0.1, 0.15) is 5.82 Å². The van der Waals surface area contributed by atoms with Gasteiger partial charge in [-0.2, -0.15) is 5.10 Å². The lowest BCUT2D eigenvalue weighted by molar-refractivity contribution is -0.145. The smallest absolute Gasteiger partial charge is 0.316 e. The Bertz CT molecular complexity index is 735. The number of rotatable bonds is 2. The molecule has 7 nitrogen and oxygen atoms in total. The van der Waals surface area contributed by atoms with Crippen molar-refractivity contribution in [3.63, 3.8) is 0 Å². The normalized spacial score (nSPS) is 15.5. The zero-order valence-corrected chi connectivity index (χ0v) is 12.5. The van der Waals surface area contributed by atoms with E-state index < -0.39 is 11.8 Å². The zero-order valence-electron chi connectivity index (χ0n) is 12.5. The van der Waals surface area contributed by atoms with Crippen LogP contribution in [0.2, 0.25) is 0 Å². The highest BCUT2D eigenvalue weighted by molar-refractivity contribution is 6.40. The molecule has 1 aromatic heterocycles. The summed E-state index contributed by atoms with van der Waals surface area (Å²) >= 11 is 0. The van der Waals surface area contributed by atoms with Crippen molar-refractivity contribution in [2.24, 2.45) is 7.05 Å². The third-order valence-corrected chi connectivity index (χ3v) is 3.91. The third kappa shape index (κ3) is 2.20. The quantitative estimate of drug-likeness (QED) is 0.817. The van der Waals surface area contributed by atoms with Gasteiger partial charge in [-0.05, 0) is 17.7 Å². The SMILES string of the molecule is CN1CCN(c2ccc(-c3cnn(C)c3N)cc2)C(=O)C1=O. The van der Waals surface area contributed by atoms with Crippen molar-refractivity contribution in [1.29, 1.82) is 0 Å². The van der Waals surface area contributed by atoms with Crippen molar-refractivity contribution in [3.8, 4) is 11.1 Å².